The molecule has 3 N–H and O–H groups in total. The number of ether oxygens (including phenoxy) is 1. The summed E-state index contributed by atoms with van der Waals surface area (Å²) in [7, 11) is 1.82. The van der Waals surface area contributed by atoms with E-state index < -0.39 is 0 Å². The van der Waals surface area contributed by atoms with Gasteiger partial charge < -0.3 is 20.5 Å². The van der Waals surface area contributed by atoms with Gasteiger partial charge in [0.1, 0.15) is 0 Å². The van der Waals surface area contributed by atoms with Crippen LogP contribution in [0.5, 0.6) is 0 Å². The number of carbonyl (C=O) groups is 1. The molecule has 94 valence electrons. The van der Waals surface area contributed by atoms with E-state index in [0.717, 1.165) is 0 Å². The lowest BCUT2D eigenvalue weighted by Crippen LogP contribution is -2.48. The Hall–Kier alpha value is -0.650. The summed E-state index contributed by atoms with van der Waals surface area (Å²) >= 11 is 0. The van der Waals surface area contributed by atoms with E-state index in [1.807, 2.05) is 20.9 Å². The van der Waals surface area contributed by atoms with Crippen LogP contribution in [0.4, 0.5) is 0 Å². The highest BCUT2D eigenvalue weighted by molar-refractivity contribution is 5.80. The van der Waals surface area contributed by atoms with Crippen molar-refractivity contribution in [3.63, 3.8) is 0 Å². The molecule has 1 heterocycles. The smallest absolute Gasteiger partial charge is 0.227 e. The largest absolute Gasteiger partial charge is 0.394 e. The van der Waals surface area contributed by atoms with E-state index >= 15 is 0 Å². The van der Waals surface area contributed by atoms with Crippen molar-refractivity contribution < 1.29 is 14.6 Å². The molecule has 1 aliphatic heterocycles. The molecule has 3 atom stereocenters. The van der Waals surface area contributed by atoms with Crippen LogP contribution in [0.1, 0.15) is 13.8 Å². The van der Waals surface area contributed by atoms with Gasteiger partial charge in [-0.1, -0.05) is 13.8 Å². The molecule has 1 rings (SSSR count). The lowest BCUT2D eigenvalue weighted by Gasteiger charge is -2.23. The molecule has 0 aromatic heterocycles. The van der Waals surface area contributed by atoms with Crippen molar-refractivity contribution >= 4 is 5.91 Å². The number of carbonyl (C=O) groups excluding carboxylic acids is 1. The van der Waals surface area contributed by atoms with Crippen molar-refractivity contribution in [2.75, 3.05) is 26.9 Å². The quantitative estimate of drug-likeness (QED) is 0.587. The summed E-state index contributed by atoms with van der Waals surface area (Å²) < 4.78 is 5.27. The fraction of sp³-hybridized carbons (Fsp3) is 0.909. The third-order valence-electron chi connectivity index (χ3n) is 3.12. The SMILES string of the molecule is CNC1COCC1C(=O)N[C@H](CO)C(C)C. The number of nitrogens with one attached hydrogen (secondary N) is 2. The van der Waals surface area contributed by atoms with E-state index in [4.69, 9.17) is 9.84 Å². The molecule has 2 unspecified atom stereocenters. The summed E-state index contributed by atoms with van der Waals surface area (Å²) in [5.41, 5.74) is 0. The maximum absolute atomic E-state index is 11.9. The Morgan fingerprint density at radius 3 is 2.69 bits per heavy atom. The van der Waals surface area contributed by atoms with Crippen LogP contribution in [-0.2, 0) is 9.53 Å². The van der Waals surface area contributed by atoms with Crippen molar-refractivity contribution in [3.05, 3.63) is 0 Å². The lowest BCUT2D eigenvalue weighted by molar-refractivity contribution is -0.126. The summed E-state index contributed by atoms with van der Waals surface area (Å²) in [5, 5.41) is 15.1. The number of hydrogen-bond donors (Lipinski definition) is 3. The van der Waals surface area contributed by atoms with Gasteiger partial charge in [-0.15, -0.1) is 0 Å². The maximum atomic E-state index is 11.9. The molecule has 5 nitrogen and oxygen atoms in total. The number of hydrogen-bond acceptors (Lipinski definition) is 4. The minimum atomic E-state index is -0.175. The Morgan fingerprint density at radius 2 is 2.19 bits per heavy atom. The Balaban J connectivity index is 2.50. The maximum Gasteiger partial charge on any atom is 0.227 e. The number of rotatable bonds is 5. The van der Waals surface area contributed by atoms with Gasteiger partial charge in [-0.05, 0) is 13.0 Å². The molecule has 0 bridgehead atoms. The van der Waals surface area contributed by atoms with Gasteiger partial charge in [-0.3, -0.25) is 4.79 Å². The van der Waals surface area contributed by atoms with E-state index in [2.05, 4.69) is 10.6 Å². The fourth-order valence-electron chi connectivity index (χ4n) is 1.81. The highest BCUT2D eigenvalue weighted by Crippen LogP contribution is 2.14. The first-order valence-electron chi connectivity index (χ1n) is 5.76. The molecule has 0 saturated carbocycles. The zero-order chi connectivity index (χ0) is 12.1. The third kappa shape index (κ3) is 3.17. The van der Waals surface area contributed by atoms with Crippen LogP contribution in [0.3, 0.4) is 0 Å². The Labute approximate surface area is 96.6 Å². The van der Waals surface area contributed by atoms with Crippen molar-refractivity contribution in [3.8, 4) is 0 Å². The zero-order valence-electron chi connectivity index (χ0n) is 10.2. The second-order valence-electron chi connectivity index (χ2n) is 4.58. The second kappa shape index (κ2) is 6.18. The molecule has 0 aliphatic carbocycles. The molecular formula is C11H22N2O3. The van der Waals surface area contributed by atoms with Gasteiger partial charge in [0.05, 0.1) is 31.8 Å². The molecule has 1 saturated heterocycles. The predicted molar refractivity (Wildman–Crippen MR) is 61.0 cm³/mol. The molecule has 16 heavy (non-hydrogen) atoms. The van der Waals surface area contributed by atoms with E-state index in [1.165, 1.54) is 0 Å². The van der Waals surface area contributed by atoms with Crippen LogP contribution < -0.4 is 10.6 Å². The molecule has 1 aliphatic rings. The second-order valence-corrected chi connectivity index (χ2v) is 4.58. The minimum absolute atomic E-state index is 0.0266. The van der Waals surface area contributed by atoms with Gasteiger partial charge in [0.2, 0.25) is 5.91 Å². The molecule has 1 amide bonds. The summed E-state index contributed by atoms with van der Waals surface area (Å²) in [5.74, 6) is 0.0340. The number of likely N-dealkylation sites (N-methyl/N-ethyl adjacent to an activating group) is 1. The van der Waals surface area contributed by atoms with Crippen LogP contribution in [0.25, 0.3) is 0 Å². The van der Waals surface area contributed by atoms with Crippen molar-refractivity contribution in [2.24, 2.45) is 11.8 Å². The number of amides is 1. The normalized spacial score (nSPS) is 27.1. The third-order valence-corrected chi connectivity index (χ3v) is 3.12. The van der Waals surface area contributed by atoms with E-state index in [9.17, 15) is 4.79 Å². The van der Waals surface area contributed by atoms with Crippen LogP contribution in [0, 0.1) is 11.8 Å². The van der Waals surface area contributed by atoms with Crippen molar-refractivity contribution in [1.82, 2.24) is 10.6 Å². The van der Waals surface area contributed by atoms with Crippen molar-refractivity contribution in [2.45, 2.75) is 25.9 Å². The first-order chi connectivity index (χ1) is 7.60. The fourth-order valence-corrected chi connectivity index (χ4v) is 1.81. The standard InChI is InChI=1S/C11H22N2O3/c1-7(2)9(4-14)13-11(15)8-5-16-6-10(8)12-3/h7-10,12,14H,4-6H2,1-3H3,(H,13,15)/t8?,9-,10?/m1/s1. The highest BCUT2D eigenvalue weighted by atomic mass is 16.5. The molecule has 0 aromatic rings. The first-order valence-corrected chi connectivity index (χ1v) is 5.76. The Bertz CT molecular complexity index is 233. The average Bonchev–Trinajstić information content (AvgIpc) is 2.72. The molecule has 0 spiro atoms. The summed E-state index contributed by atoms with van der Waals surface area (Å²) in [4.78, 5) is 11.9. The van der Waals surface area contributed by atoms with Crippen LogP contribution >= 0.6 is 0 Å². The van der Waals surface area contributed by atoms with Crippen LogP contribution in [0.2, 0.25) is 0 Å². The molecule has 0 aromatic carbocycles. The topological polar surface area (TPSA) is 70.6 Å². The molecule has 1 fully saturated rings. The summed E-state index contributed by atoms with van der Waals surface area (Å²) in [6, 6.07) is -0.0999. The predicted octanol–water partition coefficient (Wildman–Crippen LogP) is -0.646. The van der Waals surface area contributed by atoms with Gasteiger partial charge in [-0.25, -0.2) is 0 Å². The van der Waals surface area contributed by atoms with Crippen molar-refractivity contribution in [1.29, 1.82) is 0 Å². The summed E-state index contributed by atoms with van der Waals surface area (Å²) in [6.07, 6.45) is 0. The number of aliphatic hydroxyl groups is 1. The van der Waals surface area contributed by atoms with E-state index in [-0.39, 0.29) is 36.4 Å². The molecule has 5 heteroatoms. The molecule has 0 radical (unpaired) electrons. The van der Waals surface area contributed by atoms with Gasteiger partial charge in [0.15, 0.2) is 0 Å². The number of aliphatic hydroxyl groups excluding tert-OH is 1. The Morgan fingerprint density at radius 1 is 1.50 bits per heavy atom. The average molecular weight is 230 g/mol. The van der Waals surface area contributed by atoms with Gasteiger partial charge in [0.25, 0.3) is 0 Å². The minimum Gasteiger partial charge on any atom is -0.394 e. The highest BCUT2D eigenvalue weighted by Gasteiger charge is 2.34. The van der Waals surface area contributed by atoms with E-state index in [0.29, 0.717) is 13.2 Å². The van der Waals surface area contributed by atoms with Crippen LogP contribution in [-0.4, -0.2) is 50.0 Å². The van der Waals surface area contributed by atoms with Gasteiger partial charge >= 0.3 is 0 Å². The molecular weight excluding hydrogens is 208 g/mol. The van der Waals surface area contributed by atoms with Gasteiger partial charge in [0, 0.05) is 6.04 Å². The monoisotopic (exact) mass is 230 g/mol. The van der Waals surface area contributed by atoms with Crippen LogP contribution in [0.15, 0.2) is 0 Å². The summed E-state index contributed by atoms with van der Waals surface area (Å²) in [6.45, 7) is 4.94. The van der Waals surface area contributed by atoms with E-state index in [1.54, 1.807) is 0 Å². The first kappa shape index (κ1) is 13.4. The lowest BCUT2D eigenvalue weighted by atomic mass is 10.00. The van der Waals surface area contributed by atoms with Gasteiger partial charge in [-0.2, -0.15) is 0 Å². The Kier molecular flexibility index (Phi) is 5.18. The zero-order valence-corrected chi connectivity index (χ0v) is 10.2.